The number of halogens is 4. The van der Waals surface area contributed by atoms with Gasteiger partial charge in [0.25, 0.3) is 11.8 Å². The molecule has 210 valence electrons. The van der Waals surface area contributed by atoms with Gasteiger partial charge in [0.1, 0.15) is 22.9 Å². The predicted octanol–water partition coefficient (Wildman–Crippen LogP) is 6.71. The minimum atomic E-state index is -4.89. The van der Waals surface area contributed by atoms with Crippen molar-refractivity contribution in [3.05, 3.63) is 71.8 Å². The number of carbonyl (C=O) groups is 2. The third kappa shape index (κ3) is 9.80. The van der Waals surface area contributed by atoms with Crippen molar-refractivity contribution in [1.29, 1.82) is 0 Å². The number of nitrogens with two attached hydrogens (primary N) is 1. The van der Waals surface area contributed by atoms with Crippen LogP contribution in [0, 0.1) is 11.7 Å². The number of anilines is 1. The largest absolute Gasteiger partial charge is 0.573 e. The van der Waals surface area contributed by atoms with Crippen molar-refractivity contribution in [1.82, 2.24) is 4.98 Å². The summed E-state index contributed by atoms with van der Waals surface area (Å²) in [5.41, 5.74) is 4.70. The van der Waals surface area contributed by atoms with Crippen molar-refractivity contribution in [3.8, 4) is 23.0 Å². The molecule has 1 aromatic heterocycles. The number of methoxy groups -OCH3 is 1. The Morgan fingerprint density at radius 3 is 2.23 bits per heavy atom. The molecule has 3 N–H and O–H groups in total. The molecule has 1 heterocycles. The number of primary amides is 1. The number of amides is 2. The van der Waals surface area contributed by atoms with Crippen LogP contribution in [0.2, 0.25) is 0 Å². The number of alkyl halides is 3. The van der Waals surface area contributed by atoms with E-state index in [-0.39, 0.29) is 28.5 Å². The average molecular weight is 552 g/mol. The zero-order valence-corrected chi connectivity index (χ0v) is 21.8. The van der Waals surface area contributed by atoms with Crippen LogP contribution in [0.3, 0.4) is 0 Å². The number of rotatable bonds is 7. The van der Waals surface area contributed by atoms with Crippen LogP contribution in [0.5, 0.6) is 23.0 Å². The van der Waals surface area contributed by atoms with Crippen LogP contribution in [0.1, 0.15) is 54.3 Å². The summed E-state index contributed by atoms with van der Waals surface area (Å²) in [5, 5.41) is 2.46. The van der Waals surface area contributed by atoms with Gasteiger partial charge in [0.2, 0.25) is 0 Å². The maximum Gasteiger partial charge on any atom is 0.573 e. The van der Waals surface area contributed by atoms with E-state index in [0.29, 0.717) is 0 Å². The van der Waals surface area contributed by atoms with E-state index in [1.54, 1.807) is 0 Å². The summed E-state index contributed by atoms with van der Waals surface area (Å²) in [7, 11) is 1.21. The standard InChI is InChI=1S/C21H15F4N3O5.C4H8.C2H6/c1-31-18-9-12(33-21(23,24)25)3-5-17(18)32-16-6-7-27-10-14(16)20(30)28-11-2-4-15(22)13(8-11)19(26)29;1-4-2-3-4;1-2/h2-10H,1H3,(H2,26,29)(H,28,30);4H,2-3H2,1H3;1-2H3. The number of pyridine rings is 1. The minimum Gasteiger partial charge on any atom is -0.493 e. The number of benzene rings is 2. The summed E-state index contributed by atoms with van der Waals surface area (Å²) < 4.78 is 65.5. The highest BCUT2D eigenvalue weighted by Gasteiger charge is 2.31. The molecule has 3 aromatic rings. The van der Waals surface area contributed by atoms with E-state index in [4.69, 9.17) is 15.2 Å². The van der Waals surface area contributed by atoms with Gasteiger partial charge in [-0.05, 0) is 42.3 Å². The van der Waals surface area contributed by atoms with Crippen molar-refractivity contribution in [2.75, 3.05) is 12.4 Å². The number of ether oxygens (including phenoxy) is 3. The highest BCUT2D eigenvalue weighted by molar-refractivity contribution is 6.06. The Hall–Kier alpha value is -4.35. The minimum absolute atomic E-state index is 0.00919. The number of hydrogen-bond donors (Lipinski definition) is 2. The molecule has 1 aliphatic carbocycles. The fourth-order valence-corrected chi connectivity index (χ4v) is 2.85. The molecule has 0 bridgehead atoms. The Labute approximate surface area is 223 Å². The van der Waals surface area contributed by atoms with Gasteiger partial charge in [-0.25, -0.2) is 4.39 Å². The fraction of sp³-hybridized carbons (Fsp3) is 0.296. The second-order valence-corrected chi connectivity index (χ2v) is 8.03. The molecule has 2 amide bonds. The summed E-state index contributed by atoms with van der Waals surface area (Å²) in [6.45, 7) is 6.28. The summed E-state index contributed by atoms with van der Waals surface area (Å²) in [4.78, 5) is 27.9. The van der Waals surface area contributed by atoms with E-state index in [9.17, 15) is 27.2 Å². The highest BCUT2D eigenvalue weighted by atomic mass is 19.4. The first kappa shape index (κ1) is 30.9. The molecular formula is C27H29F4N3O5. The van der Waals surface area contributed by atoms with Gasteiger partial charge in [-0.15, -0.1) is 13.2 Å². The Kier molecular flexibility index (Phi) is 11.1. The van der Waals surface area contributed by atoms with E-state index in [0.717, 1.165) is 30.2 Å². The third-order valence-corrected chi connectivity index (χ3v) is 4.97. The maximum atomic E-state index is 13.7. The summed E-state index contributed by atoms with van der Waals surface area (Å²) in [5.74, 6) is -2.15. The Morgan fingerprint density at radius 1 is 1.00 bits per heavy atom. The lowest BCUT2D eigenvalue weighted by Gasteiger charge is -2.15. The van der Waals surface area contributed by atoms with E-state index >= 15 is 0 Å². The highest BCUT2D eigenvalue weighted by Crippen LogP contribution is 2.37. The summed E-state index contributed by atoms with van der Waals surface area (Å²) >= 11 is 0. The van der Waals surface area contributed by atoms with Gasteiger partial charge >= 0.3 is 6.36 Å². The van der Waals surface area contributed by atoms with Gasteiger partial charge in [0, 0.05) is 24.1 Å². The SMILES string of the molecule is CC.CC1CC1.COc1cc(OC(F)(F)F)ccc1Oc1ccncc1C(=O)Nc1ccc(F)c(C(N)=O)c1. The lowest BCUT2D eigenvalue weighted by molar-refractivity contribution is -0.274. The molecule has 4 rings (SSSR count). The molecule has 8 nitrogen and oxygen atoms in total. The molecule has 0 saturated heterocycles. The van der Waals surface area contributed by atoms with Crippen LogP contribution in [0.15, 0.2) is 54.9 Å². The maximum absolute atomic E-state index is 13.7. The van der Waals surface area contributed by atoms with Crippen LogP contribution in [0.25, 0.3) is 0 Å². The number of carbonyl (C=O) groups excluding carboxylic acids is 2. The lowest BCUT2D eigenvalue weighted by Crippen LogP contribution is -2.17. The number of nitrogens with zero attached hydrogens (tertiary/aromatic N) is 1. The normalized spacial score (nSPS) is 12.1. The fourth-order valence-electron chi connectivity index (χ4n) is 2.85. The molecular weight excluding hydrogens is 522 g/mol. The molecule has 12 heteroatoms. The topological polar surface area (TPSA) is 113 Å². The smallest absolute Gasteiger partial charge is 0.493 e. The first-order chi connectivity index (χ1) is 18.5. The summed E-state index contributed by atoms with van der Waals surface area (Å²) in [6.07, 6.45) is 0.581. The summed E-state index contributed by atoms with van der Waals surface area (Å²) in [6, 6.07) is 7.73. The van der Waals surface area contributed by atoms with E-state index in [2.05, 4.69) is 22.0 Å². The van der Waals surface area contributed by atoms with Gasteiger partial charge in [0.15, 0.2) is 11.5 Å². The average Bonchev–Trinajstić information content (AvgIpc) is 3.68. The predicted molar refractivity (Wildman–Crippen MR) is 137 cm³/mol. The van der Waals surface area contributed by atoms with Gasteiger partial charge < -0.3 is 25.3 Å². The Balaban J connectivity index is 0.000000797. The lowest BCUT2D eigenvalue weighted by atomic mass is 10.1. The molecule has 1 fully saturated rings. The zero-order chi connectivity index (χ0) is 29.2. The second kappa shape index (κ2) is 14.0. The molecule has 0 spiro atoms. The monoisotopic (exact) mass is 551 g/mol. The van der Waals surface area contributed by atoms with Crippen molar-refractivity contribution in [2.24, 2.45) is 11.7 Å². The second-order valence-electron chi connectivity index (χ2n) is 8.03. The molecule has 0 radical (unpaired) electrons. The molecule has 1 saturated carbocycles. The number of nitrogens with one attached hydrogen (secondary N) is 1. The van der Waals surface area contributed by atoms with E-state index in [1.165, 1.54) is 50.5 Å². The van der Waals surface area contributed by atoms with Gasteiger partial charge in [-0.2, -0.15) is 0 Å². The number of aromatic nitrogens is 1. The Morgan fingerprint density at radius 2 is 1.67 bits per heavy atom. The van der Waals surface area contributed by atoms with Crippen LogP contribution < -0.4 is 25.3 Å². The van der Waals surface area contributed by atoms with Crippen molar-refractivity contribution >= 4 is 17.5 Å². The van der Waals surface area contributed by atoms with Crippen molar-refractivity contribution in [2.45, 2.75) is 40.0 Å². The molecule has 0 atom stereocenters. The van der Waals surface area contributed by atoms with Gasteiger partial charge in [-0.1, -0.05) is 33.6 Å². The molecule has 39 heavy (non-hydrogen) atoms. The van der Waals surface area contributed by atoms with Gasteiger partial charge in [-0.3, -0.25) is 14.6 Å². The Bertz CT molecular complexity index is 1280. The first-order valence-corrected chi connectivity index (χ1v) is 11.9. The molecule has 1 aliphatic rings. The van der Waals surface area contributed by atoms with Crippen LogP contribution in [-0.2, 0) is 0 Å². The van der Waals surface area contributed by atoms with Crippen LogP contribution in [0.4, 0.5) is 23.2 Å². The molecule has 0 unspecified atom stereocenters. The van der Waals surface area contributed by atoms with E-state index < -0.39 is 35.3 Å². The van der Waals surface area contributed by atoms with Crippen LogP contribution in [-0.4, -0.2) is 30.3 Å². The van der Waals surface area contributed by atoms with Crippen molar-refractivity contribution < 1.29 is 41.4 Å². The third-order valence-electron chi connectivity index (χ3n) is 4.97. The van der Waals surface area contributed by atoms with Gasteiger partial charge in [0.05, 0.1) is 12.7 Å². The molecule has 2 aromatic carbocycles. The number of hydrogen-bond acceptors (Lipinski definition) is 6. The first-order valence-electron chi connectivity index (χ1n) is 11.9. The zero-order valence-electron chi connectivity index (χ0n) is 21.8. The van der Waals surface area contributed by atoms with Crippen LogP contribution >= 0.6 is 0 Å². The van der Waals surface area contributed by atoms with E-state index in [1.807, 2.05) is 13.8 Å². The quantitative estimate of drug-likeness (QED) is 0.316. The van der Waals surface area contributed by atoms with Crippen molar-refractivity contribution in [3.63, 3.8) is 0 Å². The molecule has 0 aliphatic heterocycles.